The Bertz CT molecular complexity index is 1210. The zero-order chi connectivity index (χ0) is 21.5. The van der Waals surface area contributed by atoms with Crippen molar-refractivity contribution >= 4 is 32.4 Å². The summed E-state index contributed by atoms with van der Waals surface area (Å²) in [6, 6.07) is 8.87. The molecule has 1 aliphatic carbocycles. The van der Waals surface area contributed by atoms with Crippen molar-refractivity contribution in [1.82, 2.24) is 9.29 Å². The Morgan fingerprint density at radius 1 is 1.17 bits per heavy atom. The fourth-order valence-electron chi connectivity index (χ4n) is 2.90. The fraction of sp³-hybridized carbons (Fsp3) is 0.200. The Kier molecular flexibility index (Phi) is 5.39. The number of halogens is 2. The number of hydrogen-bond donors (Lipinski definition) is 1. The molecule has 0 radical (unpaired) electrons. The first-order valence-electron chi connectivity index (χ1n) is 9.06. The highest BCUT2D eigenvalue weighted by Crippen LogP contribution is 2.31. The molecule has 0 atom stereocenters. The van der Waals surface area contributed by atoms with Crippen LogP contribution in [0.1, 0.15) is 23.2 Å². The summed E-state index contributed by atoms with van der Waals surface area (Å²) in [5.74, 6) is -1.91. The molecule has 0 aliphatic heterocycles. The molecule has 1 heterocycles. The molecule has 1 aromatic heterocycles. The minimum atomic E-state index is -3.58. The largest absolute Gasteiger partial charge is 0.298 e. The highest BCUT2D eigenvalue weighted by atomic mass is 32.2. The van der Waals surface area contributed by atoms with Crippen LogP contribution >= 0.6 is 11.3 Å². The number of aromatic nitrogens is 1. The monoisotopic (exact) mass is 449 g/mol. The van der Waals surface area contributed by atoms with Crippen molar-refractivity contribution in [1.29, 1.82) is 0 Å². The van der Waals surface area contributed by atoms with E-state index in [1.54, 1.807) is 12.4 Å². The molecule has 156 valence electrons. The third-order valence-electron chi connectivity index (χ3n) is 4.79. The second-order valence-electron chi connectivity index (χ2n) is 6.89. The third-order valence-corrected chi connectivity index (χ3v) is 7.47. The van der Waals surface area contributed by atoms with Crippen molar-refractivity contribution in [3.63, 3.8) is 0 Å². The van der Waals surface area contributed by atoms with Gasteiger partial charge in [0.25, 0.3) is 5.91 Å². The Morgan fingerprint density at radius 2 is 1.87 bits per heavy atom. The molecule has 1 aliphatic rings. The topological polar surface area (TPSA) is 79.4 Å². The number of nitrogens with zero attached hydrogens (tertiary/aromatic N) is 2. The Balaban J connectivity index is 1.47. The van der Waals surface area contributed by atoms with Crippen LogP contribution in [-0.2, 0) is 10.0 Å². The van der Waals surface area contributed by atoms with Crippen LogP contribution in [0.25, 0.3) is 11.3 Å². The normalized spacial score (nSPS) is 14.1. The van der Waals surface area contributed by atoms with Crippen LogP contribution in [-0.4, -0.2) is 36.7 Å². The molecule has 6 nitrogen and oxygen atoms in total. The van der Waals surface area contributed by atoms with Gasteiger partial charge in [-0.3, -0.25) is 10.1 Å². The summed E-state index contributed by atoms with van der Waals surface area (Å²) in [6.07, 6.45) is 1.71. The van der Waals surface area contributed by atoms with E-state index in [4.69, 9.17) is 0 Å². The lowest BCUT2D eigenvalue weighted by Gasteiger charge is -2.16. The van der Waals surface area contributed by atoms with Gasteiger partial charge in [0.2, 0.25) is 10.0 Å². The number of rotatable bonds is 6. The number of hydrogen-bond acceptors (Lipinski definition) is 5. The Morgan fingerprint density at radius 3 is 2.50 bits per heavy atom. The van der Waals surface area contributed by atoms with E-state index in [-0.39, 0.29) is 32.9 Å². The van der Waals surface area contributed by atoms with Gasteiger partial charge in [0, 0.05) is 35.7 Å². The van der Waals surface area contributed by atoms with Gasteiger partial charge in [-0.05, 0) is 49.2 Å². The molecule has 1 saturated carbocycles. The van der Waals surface area contributed by atoms with Crippen LogP contribution in [0.5, 0.6) is 0 Å². The molecule has 0 spiro atoms. The van der Waals surface area contributed by atoms with Crippen LogP contribution in [0, 0.1) is 11.6 Å². The number of thiazole rings is 1. The molecule has 10 heteroatoms. The van der Waals surface area contributed by atoms with Crippen LogP contribution in [0.3, 0.4) is 0 Å². The summed E-state index contributed by atoms with van der Waals surface area (Å²) < 4.78 is 53.4. The molecule has 3 aromatic rings. The lowest BCUT2D eigenvalue weighted by Crippen LogP contribution is -2.29. The summed E-state index contributed by atoms with van der Waals surface area (Å²) in [7, 11) is -2.03. The van der Waals surface area contributed by atoms with E-state index >= 15 is 0 Å². The van der Waals surface area contributed by atoms with Crippen molar-refractivity contribution in [2.75, 3.05) is 12.4 Å². The zero-order valence-electron chi connectivity index (χ0n) is 15.8. The summed E-state index contributed by atoms with van der Waals surface area (Å²) in [6.45, 7) is 0. The molecule has 1 N–H and O–H groups in total. The lowest BCUT2D eigenvalue weighted by molar-refractivity contribution is 0.102. The van der Waals surface area contributed by atoms with E-state index in [2.05, 4.69) is 10.3 Å². The SMILES string of the molecule is CN(C1CC1)S(=O)(=O)c1ccc(C(=O)Nc2nc(-c3ccc(F)cc3F)cs2)cc1. The summed E-state index contributed by atoms with van der Waals surface area (Å²) in [4.78, 5) is 16.7. The van der Waals surface area contributed by atoms with Crippen LogP contribution < -0.4 is 5.32 Å². The Hall–Kier alpha value is -2.69. The number of carbonyl (C=O) groups excluding carboxylic acids is 1. The number of anilines is 1. The molecule has 2 aromatic carbocycles. The maximum absolute atomic E-state index is 13.9. The summed E-state index contributed by atoms with van der Waals surface area (Å²) in [5.41, 5.74) is 0.660. The second kappa shape index (κ2) is 7.86. The molecule has 4 rings (SSSR count). The minimum absolute atomic E-state index is 0.0445. The maximum Gasteiger partial charge on any atom is 0.257 e. The molecule has 0 unspecified atom stereocenters. The lowest BCUT2D eigenvalue weighted by atomic mass is 10.1. The van der Waals surface area contributed by atoms with E-state index in [0.717, 1.165) is 36.3 Å². The van der Waals surface area contributed by atoms with Crippen LogP contribution in [0.15, 0.2) is 52.7 Å². The first-order chi connectivity index (χ1) is 14.3. The standard InChI is InChI=1S/C20H17F2N3O3S2/c1-25(14-5-6-14)30(27,28)15-7-2-12(3-8-15)19(26)24-20-23-18(11-29-20)16-9-4-13(21)10-17(16)22/h2-4,7-11,14H,5-6H2,1H3,(H,23,24,26). The van der Waals surface area contributed by atoms with E-state index in [1.165, 1.54) is 34.6 Å². The van der Waals surface area contributed by atoms with Crippen LogP contribution in [0.4, 0.5) is 13.9 Å². The van der Waals surface area contributed by atoms with Gasteiger partial charge in [-0.2, -0.15) is 4.31 Å². The van der Waals surface area contributed by atoms with Gasteiger partial charge in [0.15, 0.2) is 5.13 Å². The highest BCUT2D eigenvalue weighted by molar-refractivity contribution is 7.89. The first kappa shape index (κ1) is 20.6. The minimum Gasteiger partial charge on any atom is -0.298 e. The molecule has 0 saturated heterocycles. The molecular formula is C20H17F2N3O3S2. The van der Waals surface area contributed by atoms with E-state index in [9.17, 15) is 22.0 Å². The number of nitrogens with one attached hydrogen (secondary N) is 1. The van der Waals surface area contributed by atoms with Gasteiger partial charge in [-0.25, -0.2) is 22.2 Å². The number of sulfonamides is 1. The number of carbonyl (C=O) groups is 1. The average molecular weight is 450 g/mol. The van der Waals surface area contributed by atoms with E-state index < -0.39 is 27.6 Å². The molecular weight excluding hydrogens is 432 g/mol. The van der Waals surface area contributed by atoms with E-state index in [1.807, 2.05) is 0 Å². The van der Waals surface area contributed by atoms with Gasteiger partial charge in [-0.1, -0.05) is 0 Å². The molecule has 0 bridgehead atoms. The molecule has 1 fully saturated rings. The Labute approximate surface area is 176 Å². The van der Waals surface area contributed by atoms with Crippen molar-refractivity contribution in [2.24, 2.45) is 0 Å². The average Bonchev–Trinajstić information content (AvgIpc) is 3.47. The summed E-state index contributed by atoms with van der Waals surface area (Å²) in [5, 5.41) is 4.39. The summed E-state index contributed by atoms with van der Waals surface area (Å²) >= 11 is 1.10. The van der Waals surface area contributed by atoms with Crippen molar-refractivity contribution in [3.05, 3.63) is 65.0 Å². The van der Waals surface area contributed by atoms with Crippen LogP contribution in [0.2, 0.25) is 0 Å². The zero-order valence-corrected chi connectivity index (χ0v) is 17.4. The number of amides is 1. The predicted molar refractivity (Wildman–Crippen MR) is 110 cm³/mol. The smallest absolute Gasteiger partial charge is 0.257 e. The highest BCUT2D eigenvalue weighted by Gasteiger charge is 2.35. The molecule has 30 heavy (non-hydrogen) atoms. The second-order valence-corrected chi connectivity index (χ2v) is 9.75. The van der Waals surface area contributed by atoms with Crippen molar-refractivity contribution < 1.29 is 22.0 Å². The maximum atomic E-state index is 13.9. The predicted octanol–water partition coefficient (Wildman–Crippen LogP) is 4.12. The van der Waals surface area contributed by atoms with Gasteiger partial charge in [0.05, 0.1) is 10.6 Å². The molecule has 1 amide bonds. The first-order valence-corrected chi connectivity index (χ1v) is 11.4. The van der Waals surface area contributed by atoms with Gasteiger partial charge in [0.1, 0.15) is 11.6 Å². The van der Waals surface area contributed by atoms with Gasteiger partial charge < -0.3 is 0 Å². The third kappa shape index (κ3) is 4.11. The van der Waals surface area contributed by atoms with Gasteiger partial charge >= 0.3 is 0 Å². The van der Waals surface area contributed by atoms with Crippen molar-refractivity contribution in [3.8, 4) is 11.3 Å². The van der Waals surface area contributed by atoms with E-state index in [0.29, 0.717) is 0 Å². The number of benzene rings is 2. The fourth-order valence-corrected chi connectivity index (χ4v) is 5.02. The van der Waals surface area contributed by atoms with Crippen molar-refractivity contribution in [2.45, 2.75) is 23.8 Å². The van der Waals surface area contributed by atoms with Gasteiger partial charge in [-0.15, -0.1) is 11.3 Å². The quantitative estimate of drug-likeness (QED) is 0.614.